The van der Waals surface area contributed by atoms with E-state index in [-0.39, 0.29) is 12.9 Å². The third kappa shape index (κ3) is 3.55. The van der Waals surface area contributed by atoms with Crippen molar-refractivity contribution < 1.29 is 19.5 Å². The number of ether oxygens (including phenoxy) is 2. The molecule has 7 nitrogen and oxygen atoms in total. The van der Waals surface area contributed by atoms with Gasteiger partial charge in [-0.2, -0.15) is 4.68 Å². The maximum absolute atomic E-state index is 10.0. The van der Waals surface area contributed by atoms with Crippen molar-refractivity contribution in [1.29, 1.82) is 0 Å². The summed E-state index contributed by atoms with van der Waals surface area (Å²) in [6, 6.07) is 15.8. The molecule has 0 spiro atoms. The van der Waals surface area contributed by atoms with E-state index in [1.165, 1.54) is 4.90 Å². The summed E-state index contributed by atoms with van der Waals surface area (Å²) in [4.78, 5) is 1.29. The third-order valence-electron chi connectivity index (χ3n) is 5.45. The maximum Gasteiger partial charge on any atom is 0.231 e. The second-order valence-electron chi connectivity index (χ2n) is 7.50. The van der Waals surface area contributed by atoms with E-state index >= 15 is 0 Å². The average Bonchev–Trinajstić information content (AvgIpc) is 3.33. The molecule has 2 aliphatic heterocycles. The number of rotatable bonds is 4. The Labute approximate surface area is 173 Å². The number of piperidine rings is 1. The smallest absolute Gasteiger partial charge is 0.231 e. The van der Waals surface area contributed by atoms with Crippen LogP contribution in [0.15, 0.2) is 48.5 Å². The zero-order valence-electron chi connectivity index (χ0n) is 16.0. The summed E-state index contributed by atoms with van der Waals surface area (Å²) in [7, 11) is 0. The van der Waals surface area contributed by atoms with Crippen LogP contribution in [0.25, 0.3) is 17.1 Å². The zero-order chi connectivity index (χ0) is 19.8. The molecular formula is C21H23N4O3S+. The highest BCUT2D eigenvalue weighted by Gasteiger charge is 2.24. The second kappa shape index (κ2) is 7.62. The molecule has 8 heteroatoms. The third-order valence-corrected chi connectivity index (χ3v) is 5.84. The standard InChI is InChI=1S/C21H22N4O3S/c26-17-7-4-10-23(12-17)13-24-21(29)25(16-5-2-1-3-6-16)20(22-24)15-8-9-18-19(11-15)28-14-27-18/h1-3,5-6,8-9,11,17,26H,4,7,10,12-14H2/p+1/t17-/m0/s1. The number of aliphatic hydroxyl groups excluding tert-OH is 1. The summed E-state index contributed by atoms with van der Waals surface area (Å²) in [5.74, 6) is 2.22. The van der Waals surface area contributed by atoms with E-state index in [1.807, 2.05) is 57.8 Å². The lowest BCUT2D eigenvalue weighted by Crippen LogP contribution is -3.13. The minimum Gasteiger partial charge on any atom is -0.454 e. The lowest BCUT2D eigenvalue weighted by Gasteiger charge is -2.26. The van der Waals surface area contributed by atoms with Crippen molar-refractivity contribution in [3.8, 4) is 28.6 Å². The number of quaternary nitrogens is 1. The van der Waals surface area contributed by atoms with Gasteiger partial charge >= 0.3 is 0 Å². The summed E-state index contributed by atoms with van der Waals surface area (Å²) in [5, 5.41) is 14.9. The fraction of sp³-hybridized carbons (Fsp3) is 0.333. The van der Waals surface area contributed by atoms with E-state index in [2.05, 4.69) is 0 Å². The van der Waals surface area contributed by atoms with Crippen molar-refractivity contribution in [3.63, 3.8) is 0 Å². The Bertz CT molecular complexity index is 1080. The number of nitrogens with one attached hydrogen (secondary N) is 1. The first-order valence-corrected chi connectivity index (χ1v) is 10.3. The quantitative estimate of drug-likeness (QED) is 0.641. The Kier molecular flexibility index (Phi) is 4.83. The molecule has 2 aliphatic rings. The molecule has 0 aliphatic carbocycles. The van der Waals surface area contributed by atoms with Gasteiger partial charge in [-0.25, -0.2) is 0 Å². The minimum atomic E-state index is -0.252. The molecule has 0 bridgehead atoms. The van der Waals surface area contributed by atoms with Gasteiger partial charge in [0.25, 0.3) is 0 Å². The molecule has 3 heterocycles. The molecule has 1 fully saturated rings. The number of aliphatic hydroxyl groups is 1. The van der Waals surface area contributed by atoms with Crippen LogP contribution in [0, 0.1) is 4.77 Å². The normalized spacial score (nSPS) is 20.7. The molecule has 2 N–H and O–H groups in total. The van der Waals surface area contributed by atoms with Gasteiger partial charge in [0.1, 0.15) is 12.6 Å². The lowest BCUT2D eigenvalue weighted by molar-refractivity contribution is -0.931. The van der Waals surface area contributed by atoms with E-state index in [9.17, 15) is 5.11 Å². The van der Waals surface area contributed by atoms with Gasteiger partial charge in [0.15, 0.2) is 24.0 Å². The average molecular weight is 412 g/mol. The van der Waals surface area contributed by atoms with Gasteiger partial charge in [-0.05, 0) is 55.4 Å². The first-order valence-electron chi connectivity index (χ1n) is 9.86. The molecule has 0 saturated carbocycles. The largest absolute Gasteiger partial charge is 0.454 e. The summed E-state index contributed by atoms with van der Waals surface area (Å²) in [5.41, 5.74) is 1.88. The lowest BCUT2D eigenvalue weighted by atomic mass is 10.1. The van der Waals surface area contributed by atoms with Crippen molar-refractivity contribution >= 4 is 12.2 Å². The topological polar surface area (TPSA) is 65.9 Å². The summed E-state index contributed by atoms with van der Waals surface area (Å²) < 4.78 is 15.5. The maximum atomic E-state index is 10.0. The van der Waals surface area contributed by atoms with Crippen molar-refractivity contribution in [2.24, 2.45) is 0 Å². The van der Waals surface area contributed by atoms with E-state index in [0.29, 0.717) is 17.2 Å². The molecule has 2 atom stereocenters. The second-order valence-corrected chi connectivity index (χ2v) is 7.87. The van der Waals surface area contributed by atoms with Gasteiger partial charge in [0, 0.05) is 11.3 Å². The van der Waals surface area contributed by atoms with Crippen LogP contribution in [0.3, 0.4) is 0 Å². The van der Waals surface area contributed by atoms with E-state index in [1.54, 1.807) is 0 Å². The van der Waals surface area contributed by atoms with Crippen LogP contribution in [0.1, 0.15) is 12.8 Å². The van der Waals surface area contributed by atoms with Gasteiger partial charge in [-0.15, -0.1) is 5.10 Å². The predicted octanol–water partition coefficient (Wildman–Crippen LogP) is 1.80. The number of benzene rings is 2. The molecule has 0 amide bonds. The van der Waals surface area contributed by atoms with Crippen LogP contribution in [0.4, 0.5) is 0 Å². The number of aromatic nitrogens is 3. The van der Waals surface area contributed by atoms with Gasteiger partial charge in [0.05, 0.1) is 6.54 Å². The fourth-order valence-corrected chi connectivity index (χ4v) is 4.32. The fourth-order valence-electron chi connectivity index (χ4n) is 4.02. The molecule has 29 heavy (non-hydrogen) atoms. The zero-order valence-corrected chi connectivity index (χ0v) is 16.8. The van der Waals surface area contributed by atoms with E-state index in [0.717, 1.165) is 48.8 Å². The molecular weight excluding hydrogens is 388 g/mol. The van der Waals surface area contributed by atoms with Crippen LogP contribution in [0.2, 0.25) is 0 Å². The molecule has 150 valence electrons. The Hall–Kier alpha value is -2.68. The Morgan fingerprint density at radius 3 is 2.79 bits per heavy atom. The van der Waals surface area contributed by atoms with Crippen LogP contribution < -0.4 is 14.4 Å². The van der Waals surface area contributed by atoms with Gasteiger partial charge in [-0.3, -0.25) is 4.57 Å². The number of hydrogen-bond donors (Lipinski definition) is 2. The van der Waals surface area contributed by atoms with Gasteiger partial charge in [0.2, 0.25) is 11.6 Å². The molecule has 5 rings (SSSR count). The molecule has 1 saturated heterocycles. The van der Waals surface area contributed by atoms with Crippen molar-refractivity contribution in [1.82, 2.24) is 14.3 Å². The molecule has 0 radical (unpaired) electrons. The summed E-state index contributed by atoms with van der Waals surface area (Å²) >= 11 is 5.82. The Balaban J connectivity index is 1.58. The Morgan fingerprint density at radius 1 is 1.14 bits per heavy atom. The minimum absolute atomic E-state index is 0.235. The van der Waals surface area contributed by atoms with Crippen molar-refractivity contribution in [2.75, 3.05) is 19.9 Å². The number of nitrogens with zero attached hydrogens (tertiary/aromatic N) is 3. The van der Waals surface area contributed by atoms with Gasteiger partial charge < -0.3 is 19.5 Å². The summed E-state index contributed by atoms with van der Waals surface area (Å²) in [6.45, 7) is 2.60. The Morgan fingerprint density at radius 2 is 1.97 bits per heavy atom. The predicted molar refractivity (Wildman–Crippen MR) is 110 cm³/mol. The van der Waals surface area contributed by atoms with Crippen molar-refractivity contribution in [2.45, 2.75) is 25.6 Å². The van der Waals surface area contributed by atoms with Crippen molar-refractivity contribution in [3.05, 3.63) is 53.3 Å². The van der Waals surface area contributed by atoms with Crippen LogP contribution in [-0.2, 0) is 6.67 Å². The number of hydrogen-bond acceptors (Lipinski definition) is 5. The highest BCUT2D eigenvalue weighted by Crippen LogP contribution is 2.36. The first kappa shape index (κ1) is 18.4. The number of fused-ring (bicyclic) bond motifs is 1. The monoisotopic (exact) mass is 411 g/mol. The van der Waals surface area contributed by atoms with Crippen LogP contribution in [-0.4, -0.2) is 45.4 Å². The van der Waals surface area contributed by atoms with E-state index < -0.39 is 0 Å². The molecule has 2 aromatic carbocycles. The summed E-state index contributed by atoms with van der Waals surface area (Å²) in [6.07, 6.45) is 1.63. The highest BCUT2D eigenvalue weighted by atomic mass is 32.1. The molecule has 1 unspecified atom stereocenters. The van der Waals surface area contributed by atoms with Gasteiger partial charge in [-0.1, -0.05) is 18.2 Å². The number of likely N-dealkylation sites (tertiary alicyclic amines) is 1. The first-order chi connectivity index (χ1) is 14.2. The van der Waals surface area contributed by atoms with E-state index in [4.69, 9.17) is 26.8 Å². The number of para-hydroxylation sites is 1. The molecule has 3 aromatic rings. The highest BCUT2D eigenvalue weighted by molar-refractivity contribution is 7.71. The molecule has 1 aromatic heterocycles. The van der Waals surface area contributed by atoms with Crippen LogP contribution >= 0.6 is 12.2 Å². The SMILES string of the molecule is O[C@H]1CCC[NH+](Cn2nc(-c3ccc4c(c3)OCO4)n(-c3ccccc3)c2=S)C1. The van der Waals surface area contributed by atoms with Crippen LogP contribution in [0.5, 0.6) is 11.5 Å².